The van der Waals surface area contributed by atoms with Crippen LogP contribution >= 0.6 is 11.3 Å². The molecule has 22 heavy (non-hydrogen) atoms. The Morgan fingerprint density at radius 2 is 2.14 bits per heavy atom. The molecule has 0 aliphatic rings. The van der Waals surface area contributed by atoms with Gasteiger partial charge in [-0.1, -0.05) is 6.07 Å². The fourth-order valence-corrected chi connectivity index (χ4v) is 2.39. The Kier molecular flexibility index (Phi) is 5.85. The summed E-state index contributed by atoms with van der Waals surface area (Å²) in [6, 6.07) is 6.82. The van der Waals surface area contributed by atoms with E-state index >= 15 is 0 Å². The number of carbonyl (C=O) groups excluding carboxylic acids is 1. The van der Waals surface area contributed by atoms with Gasteiger partial charge >= 0.3 is 0 Å². The summed E-state index contributed by atoms with van der Waals surface area (Å²) < 4.78 is 30.8. The number of rotatable bonds is 7. The number of hydrogen-bond acceptors (Lipinski definition) is 4. The fourth-order valence-electron chi connectivity index (χ4n) is 1.68. The molecule has 4 nitrogen and oxygen atoms in total. The summed E-state index contributed by atoms with van der Waals surface area (Å²) in [5.74, 6) is -2.07. The zero-order valence-electron chi connectivity index (χ0n) is 11.6. The molecule has 1 unspecified atom stereocenters. The van der Waals surface area contributed by atoms with Gasteiger partial charge in [0.1, 0.15) is 18.5 Å². The maximum atomic E-state index is 13.0. The van der Waals surface area contributed by atoms with Crippen molar-refractivity contribution in [2.75, 3.05) is 13.2 Å². The minimum atomic E-state index is -1.02. The van der Waals surface area contributed by atoms with E-state index in [1.807, 2.05) is 17.5 Å². The highest BCUT2D eigenvalue weighted by Gasteiger charge is 2.10. The zero-order chi connectivity index (χ0) is 15.9. The first-order valence-electron chi connectivity index (χ1n) is 6.59. The summed E-state index contributed by atoms with van der Waals surface area (Å²) >= 11 is 1.48. The van der Waals surface area contributed by atoms with Crippen LogP contribution in [0.5, 0.6) is 5.75 Å². The number of aliphatic hydroxyl groups is 1. The standard InChI is InChI=1S/C15H15F2NO3S/c16-13-4-3-11(6-14(13)17)21-9-10(19)8-18-15(20)7-12-2-1-5-22-12/h1-6,10,19H,7-9H2,(H,18,20). The van der Waals surface area contributed by atoms with Crippen molar-refractivity contribution in [1.82, 2.24) is 5.32 Å². The van der Waals surface area contributed by atoms with Crippen molar-refractivity contribution < 1.29 is 23.4 Å². The zero-order valence-corrected chi connectivity index (χ0v) is 12.4. The lowest BCUT2D eigenvalue weighted by Crippen LogP contribution is -2.35. The Hall–Kier alpha value is -1.99. The lowest BCUT2D eigenvalue weighted by atomic mass is 10.3. The molecule has 0 aliphatic heterocycles. The third kappa shape index (κ3) is 5.09. The van der Waals surface area contributed by atoms with Crippen molar-refractivity contribution in [2.45, 2.75) is 12.5 Å². The minimum absolute atomic E-state index is 0.0217. The Morgan fingerprint density at radius 1 is 1.32 bits per heavy atom. The van der Waals surface area contributed by atoms with E-state index in [-0.39, 0.29) is 31.2 Å². The Morgan fingerprint density at radius 3 is 2.82 bits per heavy atom. The summed E-state index contributed by atoms with van der Waals surface area (Å²) in [5, 5.41) is 14.2. The van der Waals surface area contributed by atoms with Gasteiger partial charge in [-0.2, -0.15) is 0 Å². The van der Waals surface area contributed by atoms with Crippen molar-refractivity contribution in [3.05, 3.63) is 52.2 Å². The molecule has 2 rings (SSSR count). The number of amides is 1. The molecule has 118 valence electrons. The van der Waals surface area contributed by atoms with Crippen molar-refractivity contribution >= 4 is 17.2 Å². The Labute approximate surface area is 130 Å². The van der Waals surface area contributed by atoms with Crippen LogP contribution in [0, 0.1) is 11.6 Å². The second kappa shape index (κ2) is 7.86. The van der Waals surface area contributed by atoms with E-state index in [0.29, 0.717) is 0 Å². The number of hydrogen-bond donors (Lipinski definition) is 2. The van der Waals surface area contributed by atoms with Crippen LogP contribution in [0.3, 0.4) is 0 Å². The van der Waals surface area contributed by atoms with Crippen LogP contribution in [0.2, 0.25) is 0 Å². The second-order valence-electron chi connectivity index (χ2n) is 4.60. The highest BCUT2D eigenvalue weighted by Crippen LogP contribution is 2.15. The van der Waals surface area contributed by atoms with Gasteiger partial charge in [0, 0.05) is 17.5 Å². The maximum absolute atomic E-state index is 13.0. The van der Waals surface area contributed by atoms with Gasteiger partial charge in [-0.3, -0.25) is 4.79 Å². The SMILES string of the molecule is O=C(Cc1cccs1)NCC(O)COc1ccc(F)c(F)c1. The molecular weight excluding hydrogens is 312 g/mol. The van der Waals surface area contributed by atoms with Crippen LogP contribution in [-0.4, -0.2) is 30.3 Å². The molecule has 1 aromatic carbocycles. The number of benzene rings is 1. The van der Waals surface area contributed by atoms with Crippen LogP contribution in [0.15, 0.2) is 35.7 Å². The van der Waals surface area contributed by atoms with E-state index in [0.717, 1.165) is 17.0 Å². The number of thiophene rings is 1. The Balaban J connectivity index is 1.70. The van der Waals surface area contributed by atoms with E-state index in [1.54, 1.807) is 0 Å². The first kappa shape index (κ1) is 16.4. The van der Waals surface area contributed by atoms with Gasteiger partial charge < -0.3 is 15.2 Å². The van der Waals surface area contributed by atoms with Crippen LogP contribution in [0.1, 0.15) is 4.88 Å². The smallest absolute Gasteiger partial charge is 0.225 e. The van der Waals surface area contributed by atoms with Crippen LogP contribution in [-0.2, 0) is 11.2 Å². The molecule has 0 fully saturated rings. The molecular formula is C15H15F2NO3S. The van der Waals surface area contributed by atoms with Gasteiger partial charge in [-0.15, -0.1) is 11.3 Å². The third-order valence-electron chi connectivity index (χ3n) is 2.78. The van der Waals surface area contributed by atoms with Crippen molar-refractivity contribution in [3.8, 4) is 5.75 Å². The van der Waals surface area contributed by atoms with Gasteiger partial charge in [-0.05, 0) is 23.6 Å². The molecule has 7 heteroatoms. The maximum Gasteiger partial charge on any atom is 0.225 e. The first-order chi connectivity index (χ1) is 10.5. The van der Waals surface area contributed by atoms with E-state index in [2.05, 4.69) is 5.32 Å². The average Bonchev–Trinajstić information content (AvgIpc) is 2.99. The second-order valence-corrected chi connectivity index (χ2v) is 5.63. The minimum Gasteiger partial charge on any atom is -0.491 e. The molecule has 0 spiro atoms. The van der Waals surface area contributed by atoms with E-state index in [4.69, 9.17) is 4.74 Å². The molecule has 1 amide bonds. The van der Waals surface area contributed by atoms with Gasteiger partial charge in [0.15, 0.2) is 11.6 Å². The summed E-state index contributed by atoms with van der Waals surface area (Å²) in [6.07, 6.45) is -0.686. The number of nitrogens with one attached hydrogen (secondary N) is 1. The molecule has 0 bridgehead atoms. The molecule has 2 aromatic rings. The molecule has 0 aliphatic carbocycles. The quantitative estimate of drug-likeness (QED) is 0.819. The number of aliphatic hydroxyl groups excluding tert-OH is 1. The first-order valence-corrected chi connectivity index (χ1v) is 7.47. The van der Waals surface area contributed by atoms with Crippen molar-refractivity contribution in [2.24, 2.45) is 0 Å². The van der Waals surface area contributed by atoms with E-state index in [1.165, 1.54) is 17.4 Å². The molecule has 1 heterocycles. The molecule has 0 saturated carbocycles. The highest BCUT2D eigenvalue weighted by molar-refractivity contribution is 7.10. The normalized spacial score (nSPS) is 12.0. The lowest BCUT2D eigenvalue weighted by Gasteiger charge is -2.13. The van der Waals surface area contributed by atoms with E-state index < -0.39 is 17.7 Å². The summed E-state index contributed by atoms with van der Waals surface area (Å²) in [4.78, 5) is 12.6. The summed E-state index contributed by atoms with van der Waals surface area (Å²) in [7, 11) is 0. The highest BCUT2D eigenvalue weighted by atomic mass is 32.1. The van der Waals surface area contributed by atoms with Crippen LogP contribution in [0.25, 0.3) is 0 Å². The fraction of sp³-hybridized carbons (Fsp3) is 0.267. The summed E-state index contributed by atoms with van der Waals surface area (Å²) in [5.41, 5.74) is 0. The monoisotopic (exact) mass is 327 g/mol. The Bertz CT molecular complexity index is 619. The van der Waals surface area contributed by atoms with Crippen LogP contribution < -0.4 is 10.1 Å². The summed E-state index contributed by atoms with van der Waals surface area (Å²) in [6.45, 7) is -0.113. The topological polar surface area (TPSA) is 58.6 Å². The van der Waals surface area contributed by atoms with Gasteiger partial charge in [0.05, 0.1) is 6.42 Å². The van der Waals surface area contributed by atoms with Crippen LogP contribution in [0.4, 0.5) is 8.78 Å². The predicted molar refractivity (Wildman–Crippen MR) is 78.9 cm³/mol. The molecule has 1 aromatic heterocycles. The van der Waals surface area contributed by atoms with Crippen molar-refractivity contribution in [3.63, 3.8) is 0 Å². The average molecular weight is 327 g/mol. The number of ether oxygens (including phenoxy) is 1. The largest absolute Gasteiger partial charge is 0.491 e. The van der Waals surface area contributed by atoms with Gasteiger partial charge in [0.25, 0.3) is 0 Å². The molecule has 0 saturated heterocycles. The number of carbonyl (C=O) groups is 1. The van der Waals surface area contributed by atoms with Gasteiger partial charge in [-0.25, -0.2) is 8.78 Å². The molecule has 0 radical (unpaired) electrons. The predicted octanol–water partition coefficient (Wildman–Crippen LogP) is 2.12. The molecule has 2 N–H and O–H groups in total. The molecule has 1 atom stereocenters. The van der Waals surface area contributed by atoms with E-state index in [9.17, 15) is 18.7 Å². The lowest BCUT2D eigenvalue weighted by molar-refractivity contribution is -0.120. The number of halogens is 2. The van der Waals surface area contributed by atoms with Crippen molar-refractivity contribution in [1.29, 1.82) is 0 Å². The third-order valence-corrected chi connectivity index (χ3v) is 3.66. The van der Waals surface area contributed by atoms with Gasteiger partial charge in [0.2, 0.25) is 5.91 Å².